The van der Waals surface area contributed by atoms with Gasteiger partial charge in [-0.15, -0.1) is 0 Å². The van der Waals surface area contributed by atoms with E-state index in [1.807, 2.05) is 54.6 Å². The van der Waals surface area contributed by atoms with Gasteiger partial charge in [-0.1, -0.05) is 18.2 Å². The Morgan fingerprint density at radius 2 is 1.78 bits per heavy atom. The van der Waals surface area contributed by atoms with E-state index in [4.69, 9.17) is 21.2 Å². The van der Waals surface area contributed by atoms with Gasteiger partial charge in [0.25, 0.3) is 5.91 Å². The average molecular weight is 431 g/mol. The fourth-order valence-corrected chi connectivity index (χ4v) is 5.64. The number of rotatable bonds is 5. The lowest BCUT2D eigenvalue weighted by Crippen LogP contribution is -2.44. The van der Waals surface area contributed by atoms with Crippen molar-refractivity contribution in [1.82, 2.24) is 5.32 Å². The molecule has 2 fully saturated rings. The monoisotopic (exact) mass is 430 g/mol. The standard InChI is InChI=1S/C26H30N4O2/c27-23-21(18-14-26(15-18)11-13-29-16-26)10-12-30-24(22(23)25(28)31)17-6-8-20(9-7-17)32-19-4-2-1-3-5-19/h1-9,18,21,29H,10-16,27H2,(H2,28,31)/t18?,21-,26?/m1/s1. The number of nitrogens with two attached hydrogens (primary N) is 2. The lowest BCUT2D eigenvalue weighted by atomic mass is 9.56. The van der Waals surface area contributed by atoms with E-state index in [-0.39, 0.29) is 5.92 Å². The van der Waals surface area contributed by atoms with E-state index < -0.39 is 5.91 Å². The summed E-state index contributed by atoms with van der Waals surface area (Å²) >= 11 is 0. The van der Waals surface area contributed by atoms with Crippen molar-refractivity contribution in [3.63, 3.8) is 0 Å². The summed E-state index contributed by atoms with van der Waals surface area (Å²) in [6.45, 7) is 2.84. The zero-order valence-corrected chi connectivity index (χ0v) is 18.2. The van der Waals surface area contributed by atoms with Crippen molar-refractivity contribution in [1.29, 1.82) is 0 Å². The van der Waals surface area contributed by atoms with Crippen LogP contribution in [0.1, 0.15) is 31.2 Å². The number of nitrogens with one attached hydrogen (secondary N) is 1. The molecule has 0 aromatic heterocycles. The molecule has 0 radical (unpaired) electrons. The van der Waals surface area contributed by atoms with Crippen LogP contribution in [0.5, 0.6) is 11.5 Å². The van der Waals surface area contributed by atoms with E-state index in [2.05, 4.69) is 5.32 Å². The molecule has 5 N–H and O–H groups in total. The van der Waals surface area contributed by atoms with Crippen LogP contribution >= 0.6 is 0 Å². The summed E-state index contributed by atoms with van der Waals surface area (Å²) in [6, 6.07) is 17.2. The minimum atomic E-state index is -0.505. The maximum absolute atomic E-state index is 12.5. The van der Waals surface area contributed by atoms with Crippen LogP contribution in [0.3, 0.4) is 0 Å². The van der Waals surface area contributed by atoms with Gasteiger partial charge in [0, 0.05) is 30.3 Å². The van der Waals surface area contributed by atoms with E-state index in [0.29, 0.717) is 34.9 Å². The predicted octanol–water partition coefficient (Wildman–Crippen LogP) is 3.38. The van der Waals surface area contributed by atoms with Crippen LogP contribution in [-0.2, 0) is 4.79 Å². The number of carbonyl (C=O) groups is 1. The molecular weight excluding hydrogens is 400 g/mol. The summed E-state index contributed by atoms with van der Waals surface area (Å²) in [5.41, 5.74) is 15.3. The molecule has 2 aromatic rings. The molecule has 1 aliphatic carbocycles. The molecule has 2 heterocycles. The van der Waals surface area contributed by atoms with Crippen molar-refractivity contribution < 1.29 is 9.53 Å². The molecule has 6 heteroatoms. The fraction of sp³-hybridized carbons (Fsp3) is 0.385. The highest BCUT2D eigenvalue weighted by Crippen LogP contribution is 2.54. The highest BCUT2D eigenvalue weighted by molar-refractivity contribution is 6.28. The highest BCUT2D eigenvalue weighted by atomic mass is 16.5. The minimum Gasteiger partial charge on any atom is -0.457 e. The smallest absolute Gasteiger partial charge is 0.252 e. The Morgan fingerprint density at radius 3 is 2.44 bits per heavy atom. The molecule has 1 saturated carbocycles. The second-order valence-electron chi connectivity index (χ2n) is 9.35. The zero-order valence-electron chi connectivity index (χ0n) is 18.2. The fourth-order valence-electron chi connectivity index (χ4n) is 5.64. The number of para-hydroxylation sites is 1. The van der Waals surface area contributed by atoms with Crippen molar-refractivity contribution in [2.24, 2.45) is 33.7 Å². The summed E-state index contributed by atoms with van der Waals surface area (Å²) in [5.74, 6) is 1.64. The Bertz CT molecular complexity index is 1040. The highest BCUT2D eigenvalue weighted by Gasteiger charge is 2.49. The third kappa shape index (κ3) is 3.91. The largest absolute Gasteiger partial charge is 0.457 e. The summed E-state index contributed by atoms with van der Waals surface area (Å²) in [4.78, 5) is 17.3. The average Bonchev–Trinajstić information content (AvgIpc) is 3.20. The third-order valence-corrected chi connectivity index (χ3v) is 7.28. The van der Waals surface area contributed by atoms with Crippen molar-refractivity contribution in [2.75, 3.05) is 19.6 Å². The first-order valence-electron chi connectivity index (χ1n) is 11.4. The summed E-state index contributed by atoms with van der Waals surface area (Å²) in [5, 5.41) is 3.49. The number of hydrogen-bond acceptors (Lipinski definition) is 5. The number of ether oxygens (including phenoxy) is 1. The van der Waals surface area contributed by atoms with Crippen LogP contribution in [0.4, 0.5) is 0 Å². The summed E-state index contributed by atoms with van der Waals surface area (Å²) in [6.07, 6.45) is 4.42. The normalized spacial score (nSPS) is 27.6. The quantitative estimate of drug-likeness (QED) is 0.677. The molecule has 2 aliphatic heterocycles. The van der Waals surface area contributed by atoms with E-state index in [1.54, 1.807) is 0 Å². The van der Waals surface area contributed by atoms with Gasteiger partial charge in [0.2, 0.25) is 0 Å². The molecule has 1 saturated heterocycles. The van der Waals surface area contributed by atoms with Crippen molar-refractivity contribution in [3.05, 3.63) is 71.4 Å². The Balaban J connectivity index is 1.38. The molecule has 5 rings (SSSR count). The van der Waals surface area contributed by atoms with Crippen LogP contribution in [0.15, 0.2) is 70.9 Å². The number of carbonyl (C=O) groups excluding carboxylic acids is 1. The zero-order chi connectivity index (χ0) is 22.1. The third-order valence-electron chi connectivity index (χ3n) is 7.28. The van der Waals surface area contributed by atoms with Crippen LogP contribution < -0.4 is 21.5 Å². The molecule has 0 bridgehead atoms. The molecule has 6 nitrogen and oxygen atoms in total. The second-order valence-corrected chi connectivity index (χ2v) is 9.35. The number of nitrogens with zero attached hydrogens (tertiary/aromatic N) is 1. The minimum absolute atomic E-state index is 0.158. The molecule has 32 heavy (non-hydrogen) atoms. The van der Waals surface area contributed by atoms with Gasteiger partial charge in [-0.05, 0) is 80.0 Å². The molecule has 1 amide bonds. The van der Waals surface area contributed by atoms with Gasteiger partial charge in [-0.3, -0.25) is 9.79 Å². The van der Waals surface area contributed by atoms with Gasteiger partial charge >= 0.3 is 0 Å². The summed E-state index contributed by atoms with van der Waals surface area (Å²) in [7, 11) is 0. The molecular formula is C26H30N4O2. The molecule has 1 atom stereocenters. The first kappa shape index (κ1) is 20.8. The van der Waals surface area contributed by atoms with Crippen molar-refractivity contribution in [3.8, 4) is 11.5 Å². The molecule has 1 spiro atoms. The Morgan fingerprint density at radius 1 is 1.06 bits per heavy atom. The van der Waals surface area contributed by atoms with E-state index in [0.717, 1.165) is 49.4 Å². The second kappa shape index (κ2) is 8.43. The van der Waals surface area contributed by atoms with Crippen molar-refractivity contribution >= 4 is 11.6 Å². The number of amides is 1. The van der Waals surface area contributed by atoms with E-state index in [9.17, 15) is 4.79 Å². The maximum Gasteiger partial charge on any atom is 0.252 e. The SMILES string of the molecule is NC(=O)C1=C(N)[C@@H](C2CC3(CCNC3)C2)CCN=C1c1ccc(Oc2ccccc2)cc1. The first-order chi connectivity index (χ1) is 15.5. The first-order valence-corrected chi connectivity index (χ1v) is 11.4. The number of benzene rings is 2. The molecule has 0 unspecified atom stereocenters. The van der Waals surface area contributed by atoms with Gasteiger partial charge in [0.05, 0.1) is 11.3 Å². The van der Waals surface area contributed by atoms with E-state index in [1.165, 1.54) is 6.42 Å². The lowest BCUT2D eigenvalue weighted by Gasteiger charge is -2.48. The van der Waals surface area contributed by atoms with Gasteiger partial charge in [-0.2, -0.15) is 0 Å². The Labute approximate surface area is 188 Å². The Kier molecular flexibility index (Phi) is 5.47. The maximum atomic E-state index is 12.5. The Hall–Kier alpha value is -3.12. The van der Waals surface area contributed by atoms with Gasteiger partial charge in [0.1, 0.15) is 11.5 Å². The molecule has 166 valence electrons. The van der Waals surface area contributed by atoms with Crippen LogP contribution in [0.2, 0.25) is 0 Å². The van der Waals surface area contributed by atoms with Crippen LogP contribution in [-0.4, -0.2) is 31.3 Å². The van der Waals surface area contributed by atoms with Gasteiger partial charge < -0.3 is 21.5 Å². The summed E-state index contributed by atoms with van der Waals surface area (Å²) < 4.78 is 5.88. The van der Waals surface area contributed by atoms with Gasteiger partial charge in [-0.25, -0.2) is 0 Å². The molecule has 2 aromatic carbocycles. The van der Waals surface area contributed by atoms with Crippen LogP contribution in [0.25, 0.3) is 0 Å². The van der Waals surface area contributed by atoms with Crippen molar-refractivity contribution in [2.45, 2.75) is 25.7 Å². The number of aliphatic imine (C=N–C) groups is 1. The number of allylic oxidation sites excluding steroid dienone is 1. The lowest BCUT2D eigenvalue weighted by molar-refractivity contribution is -0.114. The predicted molar refractivity (Wildman–Crippen MR) is 126 cm³/mol. The number of hydrogen-bond donors (Lipinski definition) is 3. The number of primary amides is 1. The molecule has 3 aliphatic rings. The van der Waals surface area contributed by atoms with Crippen LogP contribution in [0, 0.1) is 17.3 Å². The van der Waals surface area contributed by atoms with E-state index >= 15 is 0 Å². The van der Waals surface area contributed by atoms with Gasteiger partial charge in [0.15, 0.2) is 0 Å². The topological polar surface area (TPSA) is 103 Å².